The Morgan fingerprint density at radius 1 is 1.33 bits per heavy atom. The maximum absolute atomic E-state index is 11.5. The summed E-state index contributed by atoms with van der Waals surface area (Å²) in [5.41, 5.74) is 0. The molecule has 1 saturated carbocycles. The van der Waals surface area contributed by atoms with Crippen LogP contribution in [-0.4, -0.2) is 5.78 Å². The van der Waals surface area contributed by atoms with Gasteiger partial charge in [-0.25, -0.2) is 0 Å². The van der Waals surface area contributed by atoms with Crippen LogP contribution >= 0.6 is 0 Å². The first-order chi connectivity index (χ1) is 5.77. The highest BCUT2D eigenvalue weighted by Gasteiger charge is 2.27. The smallest absolute Gasteiger partial charge is 0.135 e. The summed E-state index contributed by atoms with van der Waals surface area (Å²) in [7, 11) is 0. The summed E-state index contributed by atoms with van der Waals surface area (Å²) in [4.78, 5) is 11.5. The second-order valence-electron chi connectivity index (χ2n) is 4.00. The van der Waals surface area contributed by atoms with Gasteiger partial charge in [0.2, 0.25) is 0 Å². The predicted molar refractivity (Wildman–Crippen MR) is 51.0 cm³/mol. The average molecular weight is 168 g/mol. The number of hydrogen-bond acceptors (Lipinski definition) is 1. The van der Waals surface area contributed by atoms with E-state index in [1.54, 1.807) is 0 Å². The molecule has 1 heteroatoms. The van der Waals surface area contributed by atoms with Crippen molar-refractivity contribution < 1.29 is 4.79 Å². The van der Waals surface area contributed by atoms with Crippen molar-refractivity contribution in [3.05, 3.63) is 0 Å². The van der Waals surface area contributed by atoms with E-state index in [0.29, 0.717) is 11.7 Å². The molecule has 2 atom stereocenters. The normalized spacial score (nSPS) is 29.2. The topological polar surface area (TPSA) is 17.1 Å². The van der Waals surface area contributed by atoms with Crippen molar-refractivity contribution in [2.75, 3.05) is 0 Å². The molecule has 0 spiro atoms. The monoisotopic (exact) mass is 168 g/mol. The number of Topliss-reactive ketones (excluding diaryl/α,β-unsaturated/α-hetero) is 1. The molecule has 0 N–H and O–H groups in total. The molecule has 0 aromatic carbocycles. The number of carbonyl (C=O) groups is 1. The third-order valence-electron chi connectivity index (χ3n) is 3.07. The molecule has 0 aliphatic heterocycles. The minimum atomic E-state index is 0.426. The van der Waals surface area contributed by atoms with Crippen molar-refractivity contribution in [2.45, 2.75) is 52.4 Å². The zero-order valence-corrected chi connectivity index (χ0v) is 8.31. The molecule has 1 aliphatic carbocycles. The predicted octanol–water partition coefficient (Wildman–Crippen LogP) is 3.18. The van der Waals surface area contributed by atoms with Gasteiger partial charge in [-0.1, -0.05) is 20.3 Å². The van der Waals surface area contributed by atoms with Gasteiger partial charge in [-0.15, -0.1) is 0 Å². The molecule has 1 nitrogen and oxygen atoms in total. The van der Waals surface area contributed by atoms with E-state index in [-0.39, 0.29) is 0 Å². The molecule has 2 unspecified atom stereocenters. The number of ketones is 1. The fraction of sp³-hybridized carbons (Fsp3) is 0.909. The molecular formula is C11H20O. The van der Waals surface area contributed by atoms with E-state index < -0.39 is 0 Å². The van der Waals surface area contributed by atoms with Crippen molar-refractivity contribution in [1.82, 2.24) is 0 Å². The molecule has 0 saturated heterocycles. The Labute approximate surface area is 75.5 Å². The van der Waals surface area contributed by atoms with Crippen LogP contribution < -0.4 is 0 Å². The molecule has 1 fully saturated rings. The van der Waals surface area contributed by atoms with Crippen LogP contribution in [0.4, 0.5) is 0 Å². The van der Waals surface area contributed by atoms with Crippen LogP contribution in [0.2, 0.25) is 0 Å². The maximum Gasteiger partial charge on any atom is 0.135 e. The molecule has 0 radical (unpaired) electrons. The van der Waals surface area contributed by atoms with Crippen LogP contribution in [0.25, 0.3) is 0 Å². The Morgan fingerprint density at radius 2 is 2.08 bits per heavy atom. The molecule has 0 heterocycles. The average Bonchev–Trinajstić information content (AvgIpc) is 2.52. The lowest BCUT2D eigenvalue weighted by Gasteiger charge is -2.07. The molecule has 0 amide bonds. The van der Waals surface area contributed by atoms with Gasteiger partial charge in [0.05, 0.1) is 0 Å². The second kappa shape index (κ2) is 4.64. The molecule has 0 aromatic heterocycles. The van der Waals surface area contributed by atoms with Gasteiger partial charge >= 0.3 is 0 Å². The fourth-order valence-electron chi connectivity index (χ4n) is 2.19. The highest BCUT2D eigenvalue weighted by molar-refractivity contribution is 5.81. The van der Waals surface area contributed by atoms with E-state index in [1.807, 2.05) is 0 Å². The van der Waals surface area contributed by atoms with Crippen molar-refractivity contribution in [2.24, 2.45) is 11.8 Å². The third kappa shape index (κ3) is 2.33. The molecule has 0 bridgehead atoms. The zero-order valence-electron chi connectivity index (χ0n) is 8.31. The standard InChI is InChI=1S/C11H20O/c1-3-5-11(12)10-7-6-9(4-2)8-10/h9-10H,3-8H2,1-2H3. The lowest BCUT2D eigenvalue weighted by molar-refractivity contribution is -0.122. The summed E-state index contributed by atoms with van der Waals surface area (Å²) < 4.78 is 0. The van der Waals surface area contributed by atoms with Gasteiger partial charge in [0.15, 0.2) is 0 Å². The quantitative estimate of drug-likeness (QED) is 0.630. The first-order valence-corrected chi connectivity index (χ1v) is 5.30. The molecule has 12 heavy (non-hydrogen) atoms. The van der Waals surface area contributed by atoms with Gasteiger partial charge in [0.25, 0.3) is 0 Å². The highest BCUT2D eigenvalue weighted by atomic mass is 16.1. The Bertz CT molecular complexity index is 151. The molecule has 70 valence electrons. The van der Waals surface area contributed by atoms with Gasteiger partial charge in [0, 0.05) is 12.3 Å². The summed E-state index contributed by atoms with van der Waals surface area (Å²) in [5.74, 6) is 1.79. The zero-order chi connectivity index (χ0) is 8.97. The van der Waals surface area contributed by atoms with Crippen LogP contribution in [0.5, 0.6) is 0 Å². The van der Waals surface area contributed by atoms with Crippen LogP contribution in [0.15, 0.2) is 0 Å². The van der Waals surface area contributed by atoms with E-state index in [1.165, 1.54) is 19.3 Å². The molecule has 1 rings (SSSR count). The number of carbonyl (C=O) groups excluding carboxylic acids is 1. The lowest BCUT2D eigenvalue weighted by Crippen LogP contribution is -2.10. The van der Waals surface area contributed by atoms with Crippen LogP contribution in [0.1, 0.15) is 52.4 Å². The van der Waals surface area contributed by atoms with E-state index in [2.05, 4.69) is 13.8 Å². The molecule has 0 aromatic rings. The van der Waals surface area contributed by atoms with Crippen molar-refractivity contribution in [1.29, 1.82) is 0 Å². The van der Waals surface area contributed by atoms with E-state index >= 15 is 0 Å². The second-order valence-corrected chi connectivity index (χ2v) is 4.00. The van der Waals surface area contributed by atoms with Crippen LogP contribution in [0.3, 0.4) is 0 Å². The Hall–Kier alpha value is -0.330. The van der Waals surface area contributed by atoms with Crippen LogP contribution in [-0.2, 0) is 4.79 Å². The molecule has 1 aliphatic rings. The summed E-state index contributed by atoms with van der Waals surface area (Å²) in [6, 6.07) is 0. The van der Waals surface area contributed by atoms with Gasteiger partial charge in [-0.2, -0.15) is 0 Å². The summed E-state index contributed by atoms with van der Waals surface area (Å²) in [6.07, 6.45) is 6.71. The Morgan fingerprint density at radius 3 is 2.58 bits per heavy atom. The fourth-order valence-corrected chi connectivity index (χ4v) is 2.19. The summed E-state index contributed by atoms with van der Waals surface area (Å²) >= 11 is 0. The minimum absolute atomic E-state index is 0.426. The summed E-state index contributed by atoms with van der Waals surface area (Å²) in [5, 5.41) is 0. The SMILES string of the molecule is CCCC(=O)C1CCC(CC)C1. The van der Waals surface area contributed by atoms with Crippen LogP contribution in [0, 0.1) is 11.8 Å². The lowest BCUT2D eigenvalue weighted by atomic mass is 9.97. The number of rotatable bonds is 4. The largest absolute Gasteiger partial charge is 0.299 e. The van der Waals surface area contributed by atoms with E-state index in [0.717, 1.165) is 25.2 Å². The highest BCUT2D eigenvalue weighted by Crippen LogP contribution is 2.33. The van der Waals surface area contributed by atoms with Gasteiger partial charge in [-0.3, -0.25) is 4.79 Å². The van der Waals surface area contributed by atoms with Crippen molar-refractivity contribution in [3.63, 3.8) is 0 Å². The van der Waals surface area contributed by atoms with E-state index in [4.69, 9.17) is 0 Å². The van der Waals surface area contributed by atoms with Gasteiger partial charge in [0.1, 0.15) is 5.78 Å². The van der Waals surface area contributed by atoms with Crippen molar-refractivity contribution in [3.8, 4) is 0 Å². The molecular weight excluding hydrogens is 148 g/mol. The third-order valence-corrected chi connectivity index (χ3v) is 3.07. The van der Waals surface area contributed by atoms with Gasteiger partial charge < -0.3 is 0 Å². The number of hydrogen-bond donors (Lipinski definition) is 0. The first kappa shape index (κ1) is 9.76. The van der Waals surface area contributed by atoms with Crippen molar-refractivity contribution >= 4 is 5.78 Å². The summed E-state index contributed by atoms with van der Waals surface area (Å²) in [6.45, 7) is 4.32. The Balaban J connectivity index is 2.31. The van der Waals surface area contributed by atoms with Gasteiger partial charge in [-0.05, 0) is 31.6 Å². The first-order valence-electron chi connectivity index (χ1n) is 5.30. The van der Waals surface area contributed by atoms with E-state index in [9.17, 15) is 4.79 Å². The Kier molecular flexibility index (Phi) is 3.77. The maximum atomic E-state index is 11.5. The minimum Gasteiger partial charge on any atom is -0.299 e.